The van der Waals surface area contributed by atoms with E-state index in [0.29, 0.717) is 12.1 Å². The van der Waals surface area contributed by atoms with Crippen LogP contribution in [0.15, 0.2) is 53.0 Å². The highest BCUT2D eigenvalue weighted by Gasteiger charge is 2.12. The van der Waals surface area contributed by atoms with Gasteiger partial charge in [0.15, 0.2) is 0 Å². The number of halogens is 1. The van der Waals surface area contributed by atoms with Crippen molar-refractivity contribution >= 4 is 33.2 Å². The van der Waals surface area contributed by atoms with Crippen LogP contribution in [0, 0.1) is 13.8 Å². The lowest BCUT2D eigenvalue weighted by Gasteiger charge is -2.04. The number of amides is 1. The van der Waals surface area contributed by atoms with E-state index in [0.717, 1.165) is 25.6 Å². The van der Waals surface area contributed by atoms with Crippen LogP contribution in [0.2, 0.25) is 0 Å². The zero-order chi connectivity index (χ0) is 17.1. The van der Waals surface area contributed by atoms with Crippen molar-refractivity contribution in [2.45, 2.75) is 20.4 Å². The van der Waals surface area contributed by atoms with E-state index in [9.17, 15) is 4.79 Å². The van der Waals surface area contributed by atoms with Crippen LogP contribution in [-0.2, 0) is 6.54 Å². The van der Waals surface area contributed by atoms with Crippen molar-refractivity contribution in [3.63, 3.8) is 0 Å². The van der Waals surface area contributed by atoms with Gasteiger partial charge in [0.05, 0.1) is 12.2 Å². The number of carbonyl (C=O) groups is 1. The van der Waals surface area contributed by atoms with E-state index in [1.807, 2.05) is 37.3 Å². The van der Waals surface area contributed by atoms with Gasteiger partial charge in [0.2, 0.25) is 0 Å². The fourth-order valence-electron chi connectivity index (χ4n) is 2.41. The third-order valence-electron chi connectivity index (χ3n) is 3.76. The average Bonchev–Trinajstić information content (AvgIpc) is 2.93. The van der Waals surface area contributed by atoms with E-state index in [4.69, 9.17) is 0 Å². The molecule has 1 amide bonds. The van der Waals surface area contributed by atoms with Crippen molar-refractivity contribution in [1.29, 1.82) is 0 Å². The molecule has 0 atom stereocenters. The second-order valence-corrected chi connectivity index (χ2v) is 7.53. The molecule has 24 heavy (non-hydrogen) atoms. The molecule has 0 unspecified atom stereocenters. The number of hydrogen-bond acceptors (Lipinski definition) is 3. The first-order valence-corrected chi connectivity index (χ1v) is 9.21. The maximum absolute atomic E-state index is 12.3. The summed E-state index contributed by atoms with van der Waals surface area (Å²) in [5, 5.41) is 3.97. The van der Waals surface area contributed by atoms with Crippen LogP contribution < -0.4 is 5.32 Å². The van der Waals surface area contributed by atoms with Gasteiger partial charge in [-0.3, -0.25) is 4.79 Å². The molecule has 0 radical (unpaired) electrons. The van der Waals surface area contributed by atoms with Gasteiger partial charge in [-0.25, -0.2) is 4.98 Å². The van der Waals surface area contributed by atoms with E-state index < -0.39 is 0 Å². The molecule has 0 saturated carbocycles. The molecule has 0 spiro atoms. The first-order valence-electron chi connectivity index (χ1n) is 7.60. The number of nitrogens with one attached hydrogen (secondary N) is 1. The van der Waals surface area contributed by atoms with Gasteiger partial charge in [0.1, 0.15) is 5.01 Å². The molecule has 0 aliphatic heterocycles. The molecule has 0 aliphatic rings. The highest BCUT2D eigenvalue weighted by atomic mass is 79.9. The normalized spacial score (nSPS) is 10.6. The SMILES string of the molecule is Cc1ccccc1-c1nc(C)c(CNC(=O)c2cccc(Br)c2)s1. The fraction of sp³-hybridized carbons (Fsp3) is 0.158. The molecule has 0 saturated heterocycles. The van der Waals surface area contributed by atoms with Crippen LogP contribution in [0.25, 0.3) is 10.6 Å². The summed E-state index contributed by atoms with van der Waals surface area (Å²) < 4.78 is 0.894. The van der Waals surface area contributed by atoms with E-state index in [1.165, 1.54) is 5.56 Å². The Kier molecular flexibility index (Phi) is 5.11. The summed E-state index contributed by atoms with van der Waals surface area (Å²) in [6, 6.07) is 15.6. The molecule has 3 nitrogen and oxygen atoms in total. The Labute approximate surface area is 153 Å². The zero-order valence-corrected chi connectivity index (χ0v) is 15.9. The summed E-state index contributed by atoms with van der Waals surface area (Å²) in [5.74, 6) is -0.0819. The minimum atomic E-state index is -0.0819. The Bertz CT molecular complexity index is 889. The quantitative estimate of drug-likeness (QED) is 0.660. The van der Waals surface area contributed by atoms with Crippen molar-refractivity contribution in [2.75, 3.05) is 0 Å². The van der Waals surface area contributed by atoms with Crippen LogP contribution in [0.5, 0.6) is 0 Å². The molecule has 0 bridgehead atoms. The summed E-state index contributed by atoms with van der Waals surface area (Å²) in [4.78, 5) is 18.0. The third kappa shape index (κ3) is 3.74. The monoisotopic (exact) mass is 400 g/mol. The van der Waals surface area contributed by atoms with Gasteiger partial charge in [0, 0.05) is 20.5 Å². The predicted molar refractivity (Wildman–Crippen MR) is 102 cm³/mol. The minimum absolute atomic E-state index is 0.0819. The molecule has 5 heteroatoms. The number of nitrogens with zero attached hydrogens (tertiary/aromatic N) is 1. The first kappa shape index (κ1) is 16.9. The Balaban J connectivity index is 1.75. The Hall–Kier alpha value is -1.98. The van der Waals surface area contributed by atoms with Crippen molar-refractivity contribution < 1.29 is 4.79 Å². The van der Waals surface area contributed by atoms with E-state index in [1.54, 1.807) is 17.4 Å². The number of benzene rings is 2. The number of aryl methyl sites for hydroxylation is 2. The lowest BCUT2D eigenvalue weighted by atomic mass is 10.1. The molecule has 1 N–H and O–H groups in total. The van der Waals surface area contributed by atoms with Gasteiger partial charge in [0.25, 0.3) is 5.91 Å². The summed E-state index contributed by atoms with van der Waals surface area (Å²) in [7, 11) is 0. The number of carbonyl (C=O) groups excluding carboxylic acids is 1. The Morgan fingerprint density at radius 1 is 1.17 bits per heavy atom. The van der Waals surface area contributed by atoms with Crippen molar-refractivity contribution in [3.8, 4) is 10.6 Å². The van der Waals surface area contributed by atoms with Gasteiger partial charge in [-0.1, -0.05) is 46.3 Å². The van der Waals surface area contributed by atoms with Crippen molar-refractivity contribution in [1.82, 2.24) is 10.3 Å². The van der Waals surface area contributed by atoms with Crippen LogP contribution in [0.4, 0.5) is 0 Å². The third-order valence-corrected chi connectivity index (χ3v) is 5.45. The topological polar surface area (TPSA) is 42.0 Å². The second-order valence-electron chi connectivity index (χ2n) is 5.54. The molecule has 3 rings (SSSR count). The second kappa shape index (κ2) is 7.28. The Morgan fingerprint density at radius 3 is 2.71 bits per heavy atom. The number of thiazole rings is 1. The average molecular weight is 401 g/mol. The largest absolute Gasteiger partial charge is 0.347 e. The molecular weight excluding hydrogens is 384 g/mol. The summed E-state index contributed by atoms with van der Waals surface area (Å²) in [6.07, 6.45) is 0. The van der Waals surface area contributed by atoms with Crippen LogP contribution in [0.1, 0.15) is 26.5 Å². The lowest BCUT2D eigenvalue weighted by molar-refractivity contribution is 0.0951. The molecule has 122 valence electrons. The van der Waals surface area contributed by atoms with E-state index in [-0.39, 0.29) is 5.91 Å². The zero-order valence-electron chi connectivity index (χ0n) is 13.5. The first-order chi connectivity index (χ1) is 11.5. The molecule has 3 aromatic rings. The van der Waals surface area contributed by atoms with Crippen LogP contribution in [0.3, 0.4) is 0 Å². The van der Waals surface area contributed by atoms with E-state index >= 15 is 0 Å². The molecule has 2 aromatic carbocycles. The van der Waals surface area contributed by atoms with Crippen LogP contribution in [-0.4, -0.2) is 10.9 Å². The highest BCUT2D eigenvalue weighted by molar-refractivity contribution is 9.10. The smallest absolute Gasteiger partial charge is 0.251 e. The van der Waals surface area contributed by atoms with Crippen LogP contribution >= 0.6 is 27.3 Å². The van der Waals surface area contributed by atoms with E-state index in [2.05, 4.69) is 45.3 Å². The molecular formula is C19H17BrN2OS. The molecule has 1 aromatic heterocycles. The highest BCUT2D eigenvalue weighted by Crippen LogP contribution is 2.30. The number of hydrogen-bond donors (Lipinski definition) is 1. The Morgan fingerprint density at radius 2 is 1.96 bits per heavy atom. The van der Waals surface area contributed by atoms with Gasteiger partial charge < -0.3 is 5.32 Å². The van der Waals surface area contributed by atoms with Gasteiger partial charge >= 0.3 is 0 Å². The standard InChI is InChI=1S/C19H17BrN2OS/c1-12-6-3-4-9-16(12)19-22-13(2)17(24-19)11-21-18(23)14-7-5-8-15(20)10-14/h3-10H,11H2,1-2H3,(H,21,23). The fourth-order valence-corrected chi connectivity index (χ4v) is 3.90. The maximum Gasteiger partial charge on any atom is 0.251 e. The van der Waals surface area contributed by atoms with Crippen molar-refractivity contribution in [2.24, 2.45) is 0 Å². The predicted octanol–water partition coefficient (Wildman–Crippen LogP) is 5.12. The summed E-state index contributed by atoms with van der Waals surface area (Å²) in [5.41, 5.74) is 3.96. The van der Waals surface area contributed by atoms with Gasteiger partial charge in [-0.15, -0.1) is 11.3 Å². The summed E-state index contributed by atoms with van der Waals surface area (Å²) in [6.45, 7) is 4.56. The summed E-state index contributed by atoms with van der Waals surface area (Å²) >= 11 is 5.02. The van der Waals surface area contributed by atoms with Gasteiger partial charge in [-0.05, 0) is 37.6 Å². The minimum Gasteiger partial charge on any atom is -0.347 e. The van der Waals surface area contributed by atoms with Crippen molar-refractivity contribution in [3.05, 3.63) is 74.7 Å². The number of aromatic nitrogens is 1. The lowest BCUT2D eigenvalue weighted by Crippen LogP contribution is -2.22. The molecule has 0 fully saturated rings. The number of rotatable bonds is 4. The molecule has 0 aliphatic carbocycles. The van der Waals surface area contributed by atoms with Gasteiger partial charge in [-0.2, -0.15) is 0 Å². The maximum atomic E-state index is 12.3. The molecule has 1 heterocycles.